The van der Waals surface area contributed by atoms with Crippen molar-refractivity contribution in [1.82, 2.24) is 0 Å². The molecular weight excluding hydrogens is 134 g/mol. The molecule has 0 aromatic rings. The summed E-state index contributed by atoms with van der Waals surface area (Å²) in [4.78, 5) is 0. The van der Waals surface area contributed by atoms with E-state index in [9.17, 15) is 0 Å². The Labute approximate surface area is 71.0 Å². The molecule has 1 aliphatic rings. The zero-order chi connectivity index (χ0) is 8.65. The highest BCUT2D eigenvalue weighted by molar-refractivity contribution is 4.86. The van der Waals surface area contributed by atoms with Crippen molar-refractivity contribution in [1.29, 1.82) is 0 Å². The molecule has 1 heteroatoms. The summed E-state index contributed by atoms with van der Waals surface area (Å²) in [5, 5.41) is 0. The number of rotatable bonds is 3. The van der Waals surface area contributed by atoms with Crippen LogP contribution in [0.4, 0.5) is 0 Å². The van der Waals surface area contributed by atoms with Gasteiger partial charge < -0.3 is 4.48 Å². The van der Waals surface area contributed by atoms with E-state index < -0.39 is 0 Å². The number of quaternary nitrogens is 1. The maximum Gasteiger partial charge on any atom is 0.144 e. The Morgan fingerprint density at radius 3 is 2.18 bits per heavy atom. The van der Waals surface area contributed by atoms with E-state index in [1.807, 2.05) is 0 Å². The molecule has 0 spiro atoms. The first-order valence-corrected chi connectivity index (χ1v) is 4.92. The quantitative estimate of drug-likeness (QED) is 0.434. The highest BCUT2D eigenvalue weighted by atomic mass is 15.5. The average molecular weight is 156 g/mol. The van der Waals surface area contributed by atoms with Crippen LogP contribution in [0.5, 0.6) is 0 Å². The Morgan fingerprint density at radius 2 is 1.91 bits per heavy atom. The molecule has 66 valence electrons. The summed E-state index contributed by atoms with van der Waals surface area (Å²) in [6.45, 7) is 10.7. The van der Waals surface area contributed by atoms with Gasteiger partial charge in [0.05, 0.1) is 13.6 Å². The van der Waals surface area contributed by atoms with Crippen molar-refractivity contribution in [2.75, 3.05) is 13.6 Å². The minimum absolute atomic E-state index is 0.912. The molecule has 0 N–H and O–H groups in total. The first-order valence-electron chi connectivity index (χ1n) is 4.92. The smallest absolute Gasteiger partial charge is 0.144 e. The van der Waals surface area contributed by atoms with Gasteiger partial charge in [0.1, 0.15) is 12.1 Å². The van der Waals surface area contributed by atoms with Crippen molar-refractivity contribution >= 4 is 0 Å². The molecule has 0 bridgehead atoms. The molecule has 0 aromatic carbocycles. The summed E-state index contributed by atoms with van der Waals surface area (Å²) in [5.41, 5.74) is 0. The van der Waals surface area contributed by atoms with Gasteiger partial charge in [-0.25, -0.2) is 0 Å². The van der Waals surface area contributed by atoms with Crippen molar-refractivity contribution in [3.8, 4) is 0 Å². The van der Waals surface area contributed by atoms with Crippen LogP contribution in [-0.2, 0) is 0 Å². The van der Waals surface area contributed by atoms with Crippen LogP contribution in [0.2, 0.25) is 0 Å². The predicted molar refractivity (Wildman–Crippen MR) is 49.4 cm³/mol. The SMILES string of the molecule is CCC(C)C1C(C)[N+]1(C)CC. The third-order valence-corrected chi connectivity index (χ3v) is 3.92. The van der Waals surface area contributed by atoms with Gasteiger partial charge in [-0.15, -0.1) is 0 Å². The number of hydrogen-bond donors (Lipinski definition) is 0. The fraction of sp³-hybridized carbons (Fsp3) is 1.00. The zero-order valence-electron chi connectivity index (χ0n) is 8.59. The molecule has 4 unspecified atom stereocenters. The minimum Gasteiger partial charge on any atom is -0.312 e. The molecule has 0 saturated carbocycles. The maximum atomic E-state index is 2.39. The van der Waals surface area contributed by atoms with E-state index in [1.54, 1.807) is 0 Å². The highest BCUT2D eigenvalue weighted by Gasteiger charge is 2.60. The van der Waals surface area contributed by atoms with Gasteiger partial charge in [-0.05, 0) is 20.3 Å². The van der Waals surface area contributed by atoms with E-state index in [0.717, 1.165) is 18.0 Å². The molecule has 0 amide bonds. The van der Waals surface area contributed by atoms with E-state index in [2.05, 4.69) is 34.7 Å². The maximum absolute atomic E-state index is 2.39. The van der Waals surface area contributed by atoms with Gasteiger partial charge in [0.15, 0.2) is 0 Å². The Kier molecular flexibility index (Phi) is 2.29. The first kappa shape index (κ1) is 9.05. The first-order chi connectivity index (χ1) is 5.07. The molecule has 0 radical (unpaired) electrons. The molecule has 4 atom stereocenters. The zero-order valence-corrected chi connectivity index (χ0v) is 8.59. The number of likely N-dealkylation sites (N-methyl/N-ethyl adjacent to an activating group) is 1. The van der Waals surface area contributed by atoms with E-state index in [0.29, 0.717) is 0 Å². The van der Waals surface area contributed by atoms with Crippen molar-refractivity contribution in [3.05, 3.63) is 0 Å². The molecular formula is C10H22N+. The van der Waals surface area contributed by atoms with E-state index in [-0.39, 0.29) is 0 Å². The molecule has 1 rings (SSSR count). The molecule has 1 aliphatic heterocycles. The lowest BCUT2D eigenvalue weighted by molar-refractivity contribution is -0.804. The molecule has 1 heterocycles. The largest absolute Gasteiger partial charge is 0.312 e. The fourth-order valence-corrected chi connectivity index (χ4v) is 2.53. The van der Waals surface area contributed by atoms with Gasteiger partial charge >= 0.3 is 0 Å². The second-order valence-electron chi connectivity index (χ2n) is 4.28. The summed E-state index contributed by atoms with van der Waals surface area (Å²) < 4.78 is 1.31. The molecule has 0 aromatic heterocycles. The third kappa shape index (κ3) is 1.20. The van der Waals surface area contributed by atoms with E-state index >= 15 is 0 Å². The van der Waals surface area contributed by atoms with E-state index in [1.165, 1.54) is 17.4 Å². The summed E-state index contributed by atoms with van der Waals surface area (Å²) in [6.07, 6.45) is 1.34. The lowest BCUT2D eigenvalue weighted by Crippen LogP contribution is -2.26. The van der Waals surface area contributed by atoms with Gasteiger partial charge in [-0.2, -0.15) is 0 Å². The van der Waals surface area contributed by atoms with Gasteiger partial charge in [0.2, 0.25) is 0 Å². The van der Waals surface area contributed by atoms with E-state index in [4.69, 9.17) is 0 Å². The summed E-state index contributed by atoms with van der Waals surface area (Å²) >= 11 is 0. The lowest BCUT2D eigenvalue weighted by atomic mass is 10.0. The highest BCUT2D eigenvalue weighted by Crippen LogP contribution is 2.42. The van der Waals surface area contributed by atoms with Crippen molar-refractivity contribution in [2.45, 2.75) is 46.2 Å². The van der Waals surface area contributed by atoms with Gasteiger partial charge in [0.25, 0.3) is 0 Å². The standard InChI is InChI=1S/C10H22N/c1-6-8(3)10-9(4)11(10,5)7-2/h8-10H,6-7H2,1-5H3/q+1. The molecule has 1 saturated heterocycles. The van der Waals surface area contributed by atoms with Crippen LogP contribution < -0.4 is 0 Å². The minimum atomic E-state index is 0.912. The summed E-state index contributed by atoms with van der Waals surface area (Å²) in [6, 6.07) is 1.86. The Morgan fingerprint density at radius 1 is 1.36 bits per heavy atom. The van der Waals surface area contributed by atoms with Crippen molar-refractivity contribution < 1.29 is 4.48 Å². The van der Waals surface area contributed by atoms with Crippen LogP contribution >= 0.6 is 0 Å². The van der Waals surface area contributed by atoms with Crippen LogP contribution in [-0.4, -0.2) is 30.2 Å². The van der Waals surface area contributed by atoms with Crippen LogP contribution in [0.1, 0.15) is 34.1 Å². The topological polar surface area (TPSA) is 0 Å². The Bertz CT molecular complexity index is 140. The van der Waals surface area contributed by atoms with Crippen LogP contribution in [0, 0.1) is 5.92 Å². The third-order valence-electron chi connectivity index (χ3n) is 3.92. The Balaban J connectivity index is 2.53. The van der Waals surface area contributed by atoms with Crippen molar-refractivity contribution in [2.24, 2.45) is 5.92 Å². The molecule has 11 heavy (non-hydrogen) atoms. The number of hydrogen-bond acceptors (Lipinski definition) is 0. The van der Waals surface area contributed by atoms with Crippen LogP contribution in [0.25, 0.3) is 0 Å². The van der Waals surface area contributed by atoms with Gasteiger partial charge in [-0.3, -0.25) is 0 Å². The van der Waals surface area contributed by atoms with Crippen LogP contribution in [0.3, 0.4) is 0 Å². The molecule has 1 nitrogen and oxygen atoms in total. The summed E-state index contributed by atoms with van der Waals surface area (Å²) in [7, 11) is 2.39. The fourth-order valence-electron chi connectivity index (χ4n) is 2.53. The van der Waals surface area contributed by atoms with Crippen LogP contribution in [0.15, 0.2) is 0 Å². The van der Waals surface area contributed by atoms with Crippen molar-refractivity contribution in [3.63, 3.8) is 0 Å². The predicted octanol–water partition coefficient (Wildman–Crippen LogP) is 2.27. The number of nitrogens with zero attached hydrogens (tertiary/aromatic N) is 1. The average Bonchev–Trinajstić information content (AvgIpc) is 2.55. The molecule has 1 fully saturated rings. The summed E-state index contributed by atoms with van der Waals surface area (Å²) in [5.74, 6) is 0.912. The van der Waals surface area contributed by atoms with Gasteiger partial charge in [-0.1, -0.05) is 13.8 Å². The monoisotopic (exact) mass is 156 g/mol. The normalized spacial score (nSPS) is 45.5. The second-order valence-corrected chi connectivity index (χ2v) is 4.28. The van der Waals surface area contributed by atoms with Gasteiger partial charge in [0, 0.05) is 5.92 Å². The second kappa shape index (κ2) is 2.78. The molecule has 0 aliphatic carbocycles. The lowest BCUT2D eigenvalue weighted by Gasteiger charge is -2.14. The Hall–Kier alpha value is -0.0400.